The van der Waals surface area contributed by atoms with E-state index in [1.807, 2.05) is 58.9 Å². The van der Waals surface area contributed by atoms with Crippen LogP contribution in [0.15, 0.2) is 72.8 Å². The van der Waals surface area contributed by atoms with Crippen molar-refractivity contribution in [2.75, 3.05) is 6.61 Å². The average molecular weight is 684 g/mol. The Labute approximate surface area is 287 Å². The molecule has 0 saturated carbocycles. The van der Waals surface area contributed by atoms with Gasteiger partial charge in [-0.05, 0) is 75.1 Å². The Morgan fingerprint density at radius 1 is 0.851 bits per heavy atom. The van der Waals surface area contributed by atoms with Crippen LogP contribution in [0, 0.1) is 0 Å². The van der Waals surface area contributed by atoms with E-state index in [0.29, 0.717) is 6.61 Å². The molecule has 262 valence electrons. The molecule has 0 aliphatic carbocycles. The Kier molecular flexibility index (Phi) is 12.2. The lowest BCUT2D eigenvalue weighted by molar-refractivity contribution is -0.149. The molecular weight excluding hydrogens is 623 g/mol. The molecule has 0 spiro atoms. The molecule has 1 heterocycles. The van der Waals surface area contributed by atoms with E-state index in [1.165, 1.54) is 10.4 Å². The molecule has 2 aromatic carbocycles. The van der Waals surface area contributed by atoms with Crippen molar-refractivity contribution in [2.24, 2.45) is 0 Å². The number of alkyl carbamates (subject to hydrolysis) is 1. The van der Waals surface area contributed by atoms with Gasteiger partial charge in [0.1, 0.15) is 17.8 Å². The van der Waals surface area contributed by atoms with Gasteiger partial charge in [0.15, 0.2) is 14.1 Å². The Morgan fingerprint density at radius 2 is 1.36 bits per heavy atom. The summed E-state index contributed by atoms with van der Waals surface area (Å²) in [5, 5.41) is 5.36. The van der Waals surface area contributed by atoms with Crippen molar-refractivity contribution >= 4 is 33.1 Å². The van der Waals surface area contributed by atoms with Gasteiger partial charge >= 0.3 is 6.09 Å². The summed E-state index contributed by atoms with van der Waals surface area (Å²) in [6, 6.07) is 20.6. The fourth-order valence-corrected chi connectivity index (χ4v) is 11.4. The molecule has 0 bridgehead atoms. The van der Waals surface area contributed by atoms with Gasteiger partial charge in [0.2, 0.25) is 0 Å². The van der Waals surface area contributed by atoms with Gasteiger partial charge in [-0.3, -0.25) is 0 Å². The fourth-order valence-electron chi connectivity index (χ4n) is 5.77. The summed E-state index contributed by atoms with van der Waals surface area (Å²) in [4.78, 5) is 13.2. The standard InChI is InChI=1S/C38H61NO6Si2/c1-28(45-47(37(8,9)10,29-21-17-15-18-22-29)30-23-19-16-20-24-30)25-26-31(39-34(40)44-35(2,3)4)33-32(42-38(11,12)43-33)27-41-46(13,14)36(5,6)7/h15-26,28,31-33H,27H2,1-14H3,(H,39,40)/b26-25+/t28-,31+,32-,33-/m0/s1. The van der Waals surface area contributed by atoms with Crippen LogP contribution in [-0.2, 0) is 23.1 Å². The summed E-state index contributed by atoms with van der Waals surface area (Å²) in [5.74, 6) is -0.856. The third-order valence-corrected chi connectivity index (χ3v) is 18.7. The maximum Gasteiger partial charge on any atom is 0.408 e. The maximum atomic E-state index is 13.2. The minimum Gasteiger partial charge on any atom is -0.444 e. The molecule has 1 saturated heterocycles. The van der Waals surface area contributed by atoms with Crippen LogP contribution in [-0.4, -0.2) is 65.1 Å². The van der Waals surface area contributed by atoms with Crippen LogP contribution in [0.4, 0.5) is 4.79 Å². The molecule has 1 fully saturated rings. The van der Waals surface area contributed by atoms with Gasteiger partial charge in [0.25, 0.3) is 8.32 Å². The number of hydrogen-bond donors (Lipinski definition) is 1. The summed E-state index contributed by atoms with van der Waals surface area (Å²) < 4.78 is 32.5. The smallest absolute Gasteiger partial charge is 0.408 e. The Balaban J connectivity index is 2.01. The number of carbonyl (C=O) groups excluding carboxylic acids is 1. The van der Waals surface area contributed by atoms with Crippen molar-refractivity contribution in [3.8, 4) is 0 Å². The predicted molar refractivity (Wildman–Crippen MR) is 197 cm³/mol. The third-order valence-electron chi connectivity index (χ3n) is 9.04. The topological polar surface area (TPSA) is 75.3 Å². The van der Waals surface area contributed by atoms with Crippen molar-refractivity contribution < 1.29 is 27.9 Å². The number of carbonyl (C=O) groups is 1. The number of amides is 1. The van der Waals surface area contributed by atoms with Crippen LogP contribution in [0.25, 0.3) is 0 Å². The number of nitrogens with one attached hydrogen (secondary N) is 1. The average Bonchev–Trinajstić information content (AvgIpc) is 3.25. The minimum atomic E-state index is -2.80. The van der Waals surface area contributed by atoms with Gasteiger partial charge < -0.3 is 28.4 Å². The second-order valence-electron chi connectivity index (χ2n) is 16.8. The number of ether oxygens (including phenoxy) is 3. The van der Waals surface area contributed by atoms with E-state index in [1.54, 1.807) is 0 Å². The van der Waals surface area contributed by atoms with Crippen LogP contribution < -0.4 is 15.7 Å². The largest absolute Gasteiger partial charge is 0.444 e. The molecule has 0 radical (unpaired) electrons. The van der Waals surface area contributed by atoms with Gasteiger partial charge in [0, 0.05) is 0 Å². The molecule has 2 aromatic rings. The van der Waals surface area contributed by atoms with Crippen molar-refractivity contribution in [2.45, 2.75) is 142 Å². The predicted octanol–water partition coefficient (Wildman–Crippen LogP) is 7.94. The molecule has 1 aliphatic heterocycles. The highest BCUT2D eigenvalue weighted by molar-refractivity contribution is 6.99. The molecule has 4 atom stereocenters. The molecule has 1 N–H and O–H groups in total. The van der Waals surface area contributed by atoms with Crippen LogP contribution in [0.1, 0.15) is 83.1 Å². The van der Waals surface area contributed by atoms with Crippen LogP contribution in [0.2, 0.25) is 23.2 Å². The van der Waals surface area contributed by atoms with E-state index in [9.17, 15) is 4.79 Å². The molecule has 3 rings (SSSR count). The number of hydrogen-bond acceptors (Lipinski definition) is 6. The van der Waals surface area contributed by atoms with Gasteiger partial charge in [-0.1, -0.05) is 114 Å². The van der Waals surface area contributed by atoms with Gasteiger partial charge in [-0.2, -0.15) is 0 Å². The summed E-state index contributed by atoms with van der Waals surface area (Å²) in [7, 11) is -4.88. The maximum absolute atomic E-state index is 13.2. The molecular formula is C38H61NO6Si2. The van der Waals surface area contributed by atoms with E-state index < -0.39 is 52.4 Å². The Hall–Kier alpha value is -2.28. The zero-order valence-corrected chi connectivity index (χ0v) is 33.4. The lowest BCUT2D eigenvalue weighted by atomic mass is 10.0. The summed E-state index contributed by atoms with van der Waals surface area (Å²) in [6.45, 7) is 29.7. The lowest BCUT2D eigenvalue weighted by Gasteiger charge is -2.44. The first kappa shape index (κ1) is 39.2. The third kappa shape index (κ3) is 10.1. The fraction of sp³-hybridized carbons (Fsp3) is 0.605. The molecule has 1 aliphatic rings. The highest BCUT2D eigenvalue weighted by Gasteiger charge is 2.51. The van der Waals surface area contributed by atoms with Crippen LogP contribution >= 0.6 is 0 Å². The van der Waals surface area contributed by atoms with E-state index in [0.717, 1.165) is 0 Å². The van der Waals surface area contributed by atoms with Crippen molar-refractivity contribution in [1.82, 2.24) is 5.32 Å². The first-order chi connectivity index (χ1) is 21.5. The Bertz CT molecular complexity index is 1290. The second-order valence-corrected chi connectivity index (χ2v) is 25.8. The molecule has 1 amide bonds. The first-order valence-corrected chi connectivity index (χ1v) is 21.8. The van der Waals surface area contributed by atoms with E-state index in [2.05, 4.69) is 115 Å². The van der Waals surface area contributed by atoms with Crippen molar-refractivity contribution in [3.05, 3.63) is 72.8 Å². The zero-order valence-electron chi connectivity index (χ0n) is 31.4. The molecule has 7 nitrogen and oxygen atoms in total. The monoisotopic (exact) mass is 683 g/mol. The summed E-state index contributed by atoms with van der Waals surface area (Å²) in [6.07, 6.45) is 2.27. The van der Waals surface area contributed by atoms with Crippen LogP contribution in [0.3, 0.4) is 0 Å². The highest BCUT2D eigenvalue weighted by atomic mass is 28.4. The van der Waals surface area contributed by atoms with Gasteiger partial charge in [0.05, 0.1) is 18.8 Å². The van der Waals surface area contributed by atoms with Gasteiger partial charge in [-0.15, -0.1) is 0 Å². The lowest BCUT2D eigenvalue weighted by Crippen LogP contribution is -2.67. The molecule has 9 heteroatoms. The summed E-state index contributed by atoms with van der Waals surface area (Å²) in [5.41, 5.74) is -0.658. The Morgan fingerprint density at radius 3 is 1.81 bits per heavy atom. The second kappa shape index (κ2) is 14.7. The normalized spacial score (nSPS) is 20.6. The minimum absolute atomic E-state index is 0.0409. The quantitative estimate of drug-likeness (QED) is 0.192. The van der Waals surface area contributed by atoms with Crippen molar-refractivity contribution in [3.63, 3.8) is 0 Å². The molecule has 0 aromatic heterocycles. The van der Waals surface area contributed by atoms with Gasteiger partial charge in [-0.25, -0.2) is 4.79 Å². The SMILES string of the molecule is C[C@@H](/C=C/[C@@H](NC(=O)OC(C)(C)C)[C@@H]1OC(C)(C)O[C@H]1CO[Si](C)(C)C(C)(C)C)O[Si](c1ccccc1)(c1ccccc1)C(C)(C)C. The number of benzene rings is 2. The van der Waals surface area contributed by atoms with E-state index >= 15 is 0 Å². The zero-order chi connectivity index (χ0) is 35.5. The molecule has 47 heavy (non-hydrogen) atoms. The highest BCUT2D eigenvalue weighted by Crippen LogP contribution is 2.39. The van der Waals surface area contributed by atoms with Crippen LogP contribution in [0.5, 0.6) is 0 Å². The van der Waals surface area contributed by atoms with Crippen molar-refractivity contribution in [1.29, 1.82) is 0 Å². The van der Waals surface area contributed by atoms with E-state index in [4.69, 9.17) is 23.1 Å². The first-order valence-electron chi connectivity index (χ1n) is 16.9. The number of rotatable bonds is 11. The van der Waals surface area contributed by atoms with E-state index in [-0.39, 0.29) is 16.2 Å². The molecule has 0 unspecified atom stereocenters. The summed E-state index contributed by atoms with van der Waals surface area (Å²) >= 11 is 0.